The number of hydrogen-bond acceptors (Lipinski definition) is 5. The highest BCUT2D eigenvalue weighted by Gasteiger charge is 2.26. The molecule has 2 heterocycles. The standard InChI is InChI=1S/C16H17NO5/c1-8-13(10(3)18)9(2)17-14(8)15(19)11(4)22-16(20)12-6-5-7-21-12/h5-7,11,17H,1-4H3/t11-/m1/s1. The molecule has 2 rings (SSSR count). The quantitative estimate of drug-likeness (QED) is 0.677. The second-order valence-corrected chi connectivity index (χ2v) is 5.07. The van der Waals surface area contributed by atoms with Crippen LogP contribution in [0.3, 0.4) is 0 Å². The van der Waals surface area contributed by atoms with Gasteiger partial charge in [0.2, 0.25) is 11.5 Å². The molecule has 0 fully saturated rings. The smallest absolute Gasteiger partial charge is 0.374 e. The summed E-state index contributed by atoms with van der Waals surface area (Å²) < 4.78 is 10.0. The summed E-state index contributed by atoms with van der Waals surface area (Å²) in [6.45, 7) is 6.33. The van der Waals surface area contributed by atoms with E-state index < -0.39 is 17.9 Å². The SMILES string of the molecule is CC(=O)c1c(C)[nH]c(C(=O)[C@@H](C)OC(=O)c2ccco2)c1C. The van der Waals surface area contributed by atoms with E-state index in [9.17, 15) is 14.4 Å². The topological polar surface area (TPSA) is 89.4 Å². The number of aromatic nitrogens is 1. The van der Waals surface area contributed by atoms with Gasteiger partial charge in [-0.2, -0.15) is 0 Å². The van der Waals surface area contributed by atoms with Crippen molar-refractivity contribution in [2.24, 2.45) is 0 Å². The van der Waals surface area contributed by atoms with Crippen LogP contribution in [-0.4, -0.2) is 28.6 Å². The number of hydrogen-bond donors (Lipinski definition) is 1. The molecule has 0 aliphatic heterocycles. The zero-order valence-corrected chi connectivity index (χ0v) is 12.9. The maximum atomic E-state index is 12.4. The van der Waals surface area contributed by atoms with Gasteiger partial charge in [0.15, 0.2) is 11.9 Å². The first-order valence-corrected chi connectivity index (χ1v) is 6.81. The van der Waals surface area contributed by atoms with Crippen LogP contribution in [0.2, 0.25) is 0 Å². The first kappa shape index (κ1) is 15.8. The van der Waals surface area contributed by atoms with E-state index in [1.807, 2.05) is 0 Å². The number of carbonyl (C=O) groups is 3. The summed E-state index contributed by atoms with van der Waals surface area (Å²) in [7, 11) is 0. The van der Waals surface area contributed by atoms with Gasteiger partial charge < -0.3 is 14.1 Å². The lowest BCUT2D eigenvalue weighted by atomic mass is 10.0. The van der Waals surface area contributed by atoms with E-state index in [2.05, 4.69) is 4.98 Å². The van der Waals surface area contributed by atoms with Crippen molar-refractivity contribution in [3.8, 4) is 0 Å². The van der Waals surface area contributed by atoms with E-state index in [1.165, 1.54) is 26.2 Å². The van der Waals surface area contributed by atoms with Gasteiger partial charge in [-0.05, 0) is 45.4 Å². The van der Waals surface area contributed by atoms with Crippen molar-refractivity contribution in [3.05, 3.63) is 46.7 Å². The molecular weight excluding hydrogens is 286 g/mol. The van der Waals surface area contributed by atoms with E-state index in [0.717, 1.165) is 0 Å². The summed E-state index contributed by atoms with van der Waals surface area (Å²) >= 11 is 0. The molecule has 1 N–H and O–H groups in total. The van der Waals surface area contributed by atoms with Crippen LogP contribution in [0.4, 0.5) is 0 Å². The summed E-state index contributed by atoms with van der Waals surface area (Å²) in [5.41, 5.74) is 1.96. The Hall–Kier alpha value is -2.63. The Labute approximate surface area is 127 Å². The van der Waals surface area contributed by atoms with E-state index in [1.54, 1.807) is 19.9 Å². The molecule has 0 saturated carbocycles. The molecule has 0 spiro atoms. The molecule has 0 aromatic carbocycles. The largest absolute Gasteiger partial charge is 0.457 e. The molecule has 1 atom stereocenters. The van der Waals surface area contributed by atoms with Gasteiger partial charge in [-0.3, -0.25) is 9.59 Å². The Morgan fingerprint density at radius 3 is 2.45 bits per heavy atom. The summed E-state index contributed by atoms with van der Waals surface area (Å²) in [6, 6.07) is 3.01. The van der Waals surface area contributed by atoms with Crippen molar-refractivity contribution in [3.63, 3.8) is 0 Å². The monoisotopic (exact) mass is 303 g/mol. The second-order valence-electron chi connectivity index (χ2n) is 5.07. The van der Waals surface area contributed by atoms with Crippen molar-refractivity contribution in [2.45, 2.75) is 33.8 Å². The van der Waals surface area contributed by atoms with Crippen molar-refractivity contribution < 1.29 is 23.5 Å². The molecule has 0 unspecified atom stereocenters. The number of carbonyl (C=O) groups excluding carboxylic acids is 3. The molecular formula is C16H17NO5. The number of esters is 1. The lowest BCUT2D eigenvalue weighted by Crippen LogP contribution is -2.25. The molecule has 6 heteroatoms. The highest BCUT2D eigenvalue weighted by molar-refractivity contribution is 6.05. The molecule has 0 amide bonds. The van der Waals surface area contributed by atoms with Crippen LogP contribution in [0.15, 0.2) is 22.8 Å². The molecule has 22 heavy (non-hydrogen) atoms. The Kier molecular flexibility index (Phi) is 4.30. The average molecular weight is 303 g/mol. The van der Waals surface area contributed by atoms with Crippen molar-refractivity contribution in [2.75, 3.05) is 0 Å². The van der Waals surface area contributed by atoms with Gasteiger partial charge in [-0.25, -0.2) is 4.79 Å². The van der Waals surface area contributed by atoms with E-state index in [-0.39, 0.29) is 17.2 Å². The third kappa shape index (κ3) is 2.86. The van der Waals surface area contributed by atoms with Crippen molar-refractivity contribution in [1.82, 2.24) is 4.98 Å². The van der Waals surface area contributed by atoms with E-state index >= 15 is 0 Å². The fraction of sp³-hybridized carbons (Fsp3) is 0.312. The number of aryl methyl sites for hydroxylation is 1. The second kappa shape index (κ2) is 6.01. The number of ketones is 2. The van der Waals surface area contributed by atoms with Crippen LogP contribution < -0.4 is 0 Å². The fourth-order valence-electron chi connectivity index (χ4n) is 2.39. The predicted molar refractivity (Wildman–Crippen MR) is 78.2 cm³/mol. The Bertz CT molecular complexity index is 724. The normalized spacial score (nSPS) is 12.0. The number of aromatic amines is 1. The number of ether oxygens (including phenoxy) is 1. The molecule has 0 aliphatic rings. The van der Waals surface area contributed by atoms with Gasteiger partial charge in [-0.1, -0.05) is 0 Å². The van der Waals surface area contributed by atoms with Crippen LogP contribution in [0, 0.1) is 13.8 Å². The molecule has 0 aliphatic carbocycles. The van der Waals surface area contributed by atoms with Crippen molar-refractivity contribution in [1.29, 1.82) is 0 Å². The minimum atomic E-state index is -0.992. The van der Waals surface area contributed by atoms with Crippen LogP contribution in [0.25, 0.3) is 0 Å². The predicted octanol–water partition coefficient (Wildman–Crippen LogP) is 2.86. The summed E-state index contributed by atoms with van der Waals surface area (Å²) in [6.07, 6.45) is 0.356. The zero-order valence-electron chi connectivity index (χ0n) is 12.9. The van der Waals surface area contributed by atoms with E-state index in [4.69, 9.17) is 9.15 Å². The number of H-pyrrole nitrogens is 1. The first-order valence-electron chi connectivity index (χ1n) is 6.81. The summed E-state index contributed by atoms with van der Waals surface area (Å²) in [4.78, 5) is 38.7. The zero-order chi connectivity index (χ0) is 16.4. The Balaban J connectivity index is 2.19. The maximum Gasteiger partial charge on any atom is 0.374 e. The van der Waals surface area contributed by atoms with Gasteiger partial charge in [0.1, 0.15) is 0 Å². The minimum absolute atomic E-state index is 0.0310. The Morgan fingerprint density at radius 1 is 1.27 bits per heavy atom. The highest BCUT2D eigenvalue weighted by Crippen LogP contribution is 2.20. The molecule has 6 nitrogen and oxygen atoms in total. The minimum Gasteiger partial charge on any atom is -0.457 e. The maximum absolute atomic E-state index is 12.4. The number of furan rings is 1. The van der Waals surface area contributed by atoms with Gasteiger partial charge >= 0.3 is 5.97 Å². The molecule has 0 saturated heterocycles. The van der Waals surface area contributed by atoms with Gasteiger partial charge in [0, 0.05) is 11.3 Å². The van der Waals surface area contributed by atoms with Crippen LogP contribution in [0.5, 0.6) is 0 Å². The number of Topliss-reactive ketones (excluding diaryl/α,β-unsaturated/α-hetero) is 2. The third-order valence-electron chi connectivity index (χ3n) is 3.41. The Morgan fingerprint density at radius 2 is 1.95 bits per heavy atom. The molecule has 0 bridgehead atoms. The van der Waals surface area contributed by atoms with Crippen LogP contribution in [-0.2, 0) is 4.74 Å². The van der Waals surface area contributed by atoms with Gasteiger partial charge in [0.25, 0.3) is 0 Å². The average Bonchev–Trinajstić information content (AvgIpc) is 3.05. The lowest BCUT2D eigenvalue weighted by molar-refractivity contribution is 0.0287. The van der Waals surface area contributed by atoms with Crippen molar-refractivity contribution >= 4 is 17.5 Å². The summed E-state index contributed by atoms with van der Waals surface area (Å²) in [5, 5.41) is 0. The number of nitrogens with one attached hydrogen (secondary N) is 1. The molecule has 116 valence electrons. The van der Waals surface area contributed by atoms with Crippen LogP contribution in [0.1, 0.15) is 56.5 Å². The van der Waals surface area contributed by atoms with Crippen LogP contribution >= 0.6 is 0 Å². The van der Waals surface area contributed by atoms with Gasteiger partial charge in [0.05, 0.1) is 12.0 Å². The third-order valence-corrected chi connectivity index (χ3v) is 3.41. The molecule has 2 aromatic heterocycles. The fourth-order valence-corrected chi connectivity index (χ4v) is 2.39. The highest BCUT2D eigenvalue weighted by atomic mass is 16.6. The lowest BCUT2D eigenvalue weighted by Gasteiger charge is -2.11. The van der Waals surface area contributed by atoms with E-state index in [0.29, 0.717) is 16.8 Å². The molecule has 2 aromatic rings. The molecule has 0 radical (unpaired) electrons. The summed E-state index contributed by atoms with van der Waals surface area (Å²) in [5.74, 6) is -1.19. The number of rotatable bonds is 5. The first-order chi connectivity index (χ1) is 10.3. The van der Waals surface area contributed by atoms with Gasteiger partial charge in [-0.15, -0.1) is 0 Å².